The topological polar surface area (TPSA) is 93.9 Å². The molecule has 8 nitrogen and oxygen atoms in total. The fraction of sp³-hybridized carbons (Fsp3) is 0.286. The first-order valence-corrected chi connectivity index (χ1v) is 9.17. The number of hydrogen-bond acceptors (Lipinski definition) is 6. The van der Waals surface area contributed by atoms with E-state index in [9.17, 15) is 14.7 Å². The van der Waals surface area contributed by atoms with E-state index in [0.29, 0.717) is 17.0 Å². The smallest absolute Gasteiger partial charge is 0.262 e. The Labute approximate surface area is 166 Å². The Bertz CT molecular complexity index is 1140. The summed E-state index contributed by atoms with van der Waals surface area (Å²) in [5.74, 6) is 0.586. The van der Waals surface area contributed by atoms with Crippen molar-refractivity contribution in [1.29, 1.82) is 0 Å². The molecule has 3 aromatic rings. The van der Waals surface area contributed by atoms with Crippen molar-refractivity contribution >= 4 is 16.8 Å². The Hall–Kier alpha value is -3.39. The summed E-state index contributed by atoms with van der Waals surface area (Å²) in [4.78, 5) is 31.9. The summed E-state index contributed by atoms with van der Waals surface area (Å²) in [6.45, 7) is 1.84. The molecule has 2 heterocycles. The lowest BCUT2D eigenvalue weighted by Gasteiger charge is -2.37. The third-order valence-corrected chi connectivity index (χ3v) is 5.18. The number of carbonyl (C=O) groups is 1. The van der Waals surface area contributed by atoms with Gasteiger partial charge >= 0.3 is 0 Å². The van der Waals surface area contributed by atoms with E-state index in [4.69, 9.17) is 9.47 Å². The normalized spacial score (nSPS) is 18.6. The molecular formula is C21H21N3O5. The quantitative estimate of drug-likeness (QED) is 0.726. The van der Waals surface area contributed by atoms with Crippen LogP contribution in [0.15, 0.2) is 47.3 Å². The lowest BCUT2D eigenvalue weighted by molar-refractivity contribution is -0.151. The van der Waals surface area contributed by atoms with Crippen LogP contribution < -0.4 is 15.0 Å². The minimum Gasteiger partial charge on any atom is -0.493 e. The van der Waals surface area contributed by atoms with Gasteiger partial charge < -0.3 is 19.5 Å². The number of aromatic nitrogens is 2. The molecule has 0 saturated carbocycles. The second kappa shape index (κ2) is 7.21. The van der Waals surface area contributed by atoms with E-state index < -0.39 is 17.8 Å². The summed E-state index contributed by atoms with van der Waals surface area (Å²) in [5, 5.41) is 11.2. The fourth-order valence-corrected chi connectivity index (χ4v) is 3.65. The van der Waals surface area contributed by atoms with Crippen molar-refractivity contribution in [3.8, 4) is 11.5 Å². The maximum Gasteiger partial charge on any atom is 0.262 e. The van der Waals surface area contributed by atoms with Gasteiger partial charge in [-0.25, -0.2) is 4.98 Å². The first-order chi connectivity index (χ1) is 14.0. The van der Waals surface area contributed by atoms with E-state index >= 15 is 0 Å². The highest BCUT2D eigenvalue weighted by Crippen LogP contribution is 2.33. The number of aliphatic hydroxyl groups excluding tert-OH is 1. The van der Waals surface area contributed by atoms with Gasteiger partial charge in [0.2, 0.25) is 5.91 Å². The Balaban J connectivity index is 1.87. The highest BCUT2D eigenvalue weighted by molar-refractivity contribution is 5.85. The highest BCUT2D eigenvalue weighted by atomic mass is 16.5. The van der Waals surface area contributed by atoms with Crippen molar-refractivity contribution in [2.24, 2.45) is 0 Å². The van der Waals surface area contributed by atoms with E-state index in [1.165, 1.54) is 29.8 Å². The van der Waals surface area contributed by atoms with Crippen LogP contribution in [0.3, 0.4) is 0 Å². The number of methoxy groups -OCH3 is 2. The van der Waals surface area contributed by atoms with E-state index in [1.54, 1.807) is 13.0 Å². The van der Waals surface area contributed by atoms with Crippen LogP contribution in [-0.4, -0.2) is 39.7 Å². The predicted octanol–water partition coefficient (Wildman–Crippen LogP) is 2.01. The monoisotopic (exact) mass is 395 g/mol. The summed E-state index contributed by atoms with van der Waals surface area (Å²) in [6, 6.07) is 11.7. The van der Waals surface area contributed by atoms with Gasteiger partial charge in [0.15, 0.2) is 23.6 Å². The number of aliphatic hydroxyl groups is 1. The van der Waals surface area contributed by atoms with E-state index in [1.807, 2.05) is 30.3 Å². The first-order valence-electron chi connectivity index (χ1n) is 9.17. The SMILES string of the molecule is COc1cc2nc3n(c(=O)c2cc1OC)[C@@H](C)C(=O)N(Cc1ccccc1)[C@H]3O. The maximum absolute atomic E-state index is 13.2. The van der Waals surface area contributed by atoms with Crippen molar-refractivity contribution < 1.29 is 19.4 Å². The fourth-order valence-electron chi connectivity index (χ4n) is 3.65. The van der Waals surface area contributed by atoms with Crippen LogP contribution in [-0.2, 0) is 11.3 Å². The molecule has 1 aliphatic rings. The molecule has 0 fully saturated rings. The number of fused-ring (bicyclic) bond motifs is 2. The lowest BCUT2D eigenvalue weighted by Crippen LogP contribution is -2.49. The van der Waals surface area contributed by atoms with Crippen molar-refractivity contribution in [1.82, 2.24) is 14.5 Å². The van der Waals surface area contributed by atoms with Crippen molar-refractivity contribution in [3.05, 3.63) is 64.2 Å². The van der Waals surface area contributed by atoms with Crippen molar-refractivity contribution in [3.63, 3.8) is 0 Å². The number of hydrogen-bond donors (Lipinski definition) is 1. The van der Waals surface area contributed by atoms with Gasteiger partial charge in [0, 0.05) is 12.6 Å². The van der Waals surface area contributed by atoms with E-state index in [-0.39, 0.29) is 23.7 Å². The van der Waals surface area contributed by atoms with Crippen LogP contribution in [0.4, 0.5) is 0 Å². The van der Waals surface area contributed by atoms with Crippen LogP contribution in [0.5, 0.6) is 11.5 Å². The standard InChI is InChI=1S/C21H21N3O5/c1-12-19(25)23(11-13-7-5-4-6-8-13)21(27)18-22-15-10-17(29-3)16(28-2)9-14(15)20(26)24(12)18/h4-10,12,21,27H,11H2,1-3H3/t12-,21-/m0/s1. The van der Waals surface area contributed by atoms with Crippen LogP contribution in [0, 0.1) is 0 Å². The molecule has 2 atom stereocenters. The molecule has 1 aromatic heterocycles. The molecule has 29 heavy (non-hydrogen) atoms. The number of carbonyl (C=O) groups excluding carboxylic acids is 1. The molecule has 4 rings (SSSR count). The number of benzene rings is 2. The average molecular weight is 395 g/mol. The number of rotatable bonds is 4. The third-order valence-electron chi connectivity index (χ3n) is 5.18. The molecule has 1 N–H and O–H groups in total. The second-order valence-electron chi connectivity index (χ2n) is 6.87. The van der Waals surface area contributed by atoms with Gasteiger partial charge in [-0.3, -0.25) is 14.2 Å². The van der Waals surface area contributed by atoms with Gasteiger partial charge in [0.25, 0.3) is 5.56 Å². The number of nitrogens with zero attached hydrogens (tertiary/aromatic N) is 3. The Morgan fingerprint density at radius 3 is 2.38 bits per heavy atom. The van der Waals surface area contributed by atoms with Gasteiger partial charge in [-0.1, -0.05) is 30.3 Å². The molecule has 1 amide bonds. The van der Waals surface area contributed by atoms with Gasteiger partial charge in [-0.15, -0.1) is 0 Å². The molecule has 0 unspecified atom stereocenters. The average Bonchev–Trinajstić information content (AvgIpc) is 2.75. The van der Waals surface area contributed by atoms with Crippen molar-refractivity contribution in [2.75, 3.05) is 14.2 Å². The van der Waals surface area contributed by atoms with Gasteiger partial charge in [0.1, 0.15) is 6.04 Å². The molecule has 1 aliphatic heterocycles. The minimum atomic E-state index is -1.34. The van der Waals surface area contributed by atoms with Crippen LogP contribution >= 0.6 is 0 Å². The summed E-state index contributed by atoms with van der Waals surface area (Å²) in [7, 11) is 2.97. The van der Waals surface area contributed by atoms with Crippen LogP contribution in [0.2, 0.25) is 0 Å². The van der Waals surface area contributed by atoms with Gasteiger partial charge in [0.05, 0.1) is 25.1 Å². The third kappa shape index (κ3) is 3.01. The number of ether oxygens (including phenoxy) is 2. The van der Waals surface area contributed by atoms with E-state index in [2.05, 4.69) is 4.98 Å². The molecule has 150 valence electrons. The Kier molecular flexibility index (Phi) is 4.71. The molecule has 0 bridgehead atoms. The molecular weight excluding hydrogens is 374 g/mol. The molecule has 0 saturated heterocycles. The zero-order valence-corrected chi connectivity index (χ0v) is 16.3. The van der Waals surface area contributed by atoms with Crippen LogP contribution in [0.1, 0.15) is 30.6 Å². The molecule has 0 aliphatic carbocycles. The molecule has 0 spiro atoms. The van der Waals surface area contributed by atoms with Crippen LogP contribution in [0.25, 0.3) is 10.9 Å². The second-order valence-corrected chi connectivity index (χ2v) is 6.87. The van der Waals surface area contributed by atoms with E-state index in [0.717, 1.165) is 5.56 Å². The lowest BCUT2D eigenvalue weighted by atomic mass is 10.1. The summed E-state index contributed by atoms with van der Waals surface area (Å²) < 4.78 is 11.8. The summed E-state index contributed by atoms with van der Waals surface area (Å²) in [5.41, 5.74) is 0.819. The minimum absolute atomic E-state index is 0.123. The summed E-state index contributed by atoms with van der Waals surface area (Å²) in [6.07, 6.45) is -1.34. The first kappa shape index (κ1) is 18.9. The highest BCUT2D eigenvalue weighted by Gasteiger charge is 2.38. The van der Waals surface area contributed by atoms with Gasteiger partial charge in [-0.2, -0.15) is 0 Å². The maximum atomic E-state index is 13.2. The van der Waals surface area contributed by atoms with Gasteiger partial charge in [-0.05, 0) is 18.6 Å². The van der Waals surface area contributed by atoms with Crippen molar-refractivity contribution in [2.45, 2.75) is 25.7 Å². The zero-order valence-electron chi connectivity index (χ0n) is 16.3. The largest absolute Gasteiger partial charge is 0.493 e. The molecule has 8 heteroatoms. The number of amides is 1. The molecule has 2 aromatic carbocycles. The molecule has 0 radical (unpaired) electrons. The predicted molar refractivity (Wildman–Crippen MR) is 106 cm³/mol. The summed E-state index contributed by atoms with van der Waals surface area (Å²) >= 11 is 0. The Morgan fingerprint density at radius 1 is 1.07 bits per heavy atom. The Morgan fingerprint density at radius 2 is 1.72 bits per heavy atom. The zero-order chi connectivity index (χ0) is 20.7.